The van der Waals surface area contributed by atoms with Crippen LogP contribution in [0.4, 0.5) is 0 Å². The lowest BCUT2D eigenvalue weighted by Crippen LogP contribution is -2.42. The molecule has 0 aliphatic rings. The summed E-state index contributed by atoms with van der Waals surface area (Å²) in [5, 5.41) is 15.2. The zero-order chi connectivity index (χ0) is 26.9. The molecule has 0 aliphatic heterocycles. The number of nitrogens with one attached hydrogen (secondary N) is 2. The molecule has 3 N–H and O–H groups in total. The molecule has 2 aromatic rings. The third kappa shape index (κ3) is 11.3. The minimum atomic E-state index is -0.615. The lowest BCUT2D eigenvalue weighted by atomic mass is 9.96. The second-order valence-electron chi connectivity index (χ2n) is 8.93. The molecule has 2 rings (SSSR count). The van der Waals surface area contributed by atoms with E-state index in [2.05, 4.69) is 23.8 Å². The molecule has 0 fully saturated rings. The normalized spacial score (nSPS) is 13.0. The van der Waals surface area contributed by atoms with Crippen LogP contribution in [0.25, 0.3) is 0 Å². The van der Waals surface area contributed by atoms with Gasteiger partial charge in [-0.2, -0.15) is 0 Å². The zero-order valence-corrected chi connectivity index (χ0v) is 21.3. The molecule has 3 atom stereocenters. The van der Waals surface area contributed by atoms with E-state index in [-0.39, 0.29) is 49.9 Å². The Hall–Kier alpha value is -3.71. The average Bonchev–Trinajstić information content (AvgIpc) is 2.91. The standard InChI is InChI=1S/C30H38N2O5/c1-3-11-25(21-28(34)32-27(22-33)20-24-15-9-6-10-16-24)29(35)31-17-18-37-30(36)26(12-4-2)19-23-13-7-5-8-14-23/h3-10,13-16,25-27,33H,1-2,11-12,17-22H2,(H,31,35)(H,32,34)/t25-,26-,27-/m1/s1. The van der Waals surface area contributed by atoms with Crippen LogP contribution in [0.15, 0.2) is 86.0 Å². The first-order chi connectivity index (χ1) is 18.0. The number of amides is 2. The van der Waals surface area contributed by atoms with Gasteiger partial charge in [-0.15, -0.1) is 13.2 Å². The van der Waals surface area contributed by atoms with Gasteiger partial charge in [0, 0.05) is 6.42 Å². The van der Waals surface area contributed by atoms with E-state index < -0.39 is 12.0 Å². The predicted octanol–water partition coefficient (Wildman–Crippen LogP) is 3.38. The number of hydrogen-bond donors (Lipinski definition) is 3. The van der Waals surface area contributed by atoms with E-state index in [1.54, 1.807) is 12.2 Å². The van der Waals surface area contributed by atoms with Crippen molar-refractivity contribution in [3.8, 4) is 0 Å². The smallest absolute Gasteiger partial charge is 0.309 e. The van der Waals surface area contributed by atoms with Crippen molar-refractivity contribution in [2.24, 2.45) is 11.8 Å². The first-order valence-electron chi connectivity index (χ1n) is 12.6. The highest BCUT2D eigenvalue weighted by Gasteiger charge is 2.23. The molecule has 37 heavy (non-hydrogen) atoms. The summed E-state index contributed by atoms with van der Waals surface area (Å²) in [6, 6.07) is 18.8. The predicted molar refractivity (Wildman–Crippen MR) is 145 cm³/mol. The molecule has 0 spiro atoms. The van der Waals surface area contributed by atoms with E-state index in [4.69, 9.17) is 4.74 Å². The van der Waals surface area contributed by atoms with Gasteiger partial charge in [-0.05, 0) is 36.8 Å². The fourth-order valence-corrected chi connectivity index (χ4v) is 4.01. The van der Waals surface area contributed by atoms with Crippen molar-refractivity contribution in [3.63, 3.8) is 0 Å². The molecule has 0 saturated heterocycles. The summed E-state index contributed by atoms with van der Waals surface area (Å²) < 4.78 is 5.40. The van der Waals surface area contributed by atoms with Crippen LogP contribution >= 0.6 is 0 Å². The monoisotopic (exact) mass is 506 g/mol. The summed E-state index contributed by atoms with van der Waals surface area (Å²) in [5.41, 5.74) is 2.04. The minimum Gasteiger partial charge on any atom is -0.464 e. The molecule has 2 aromatic carbocycles. The third-order valence-corrected chi connectivity index (χ3v) is 5.92. The molecule has 0 heterocycles. The van der Waals surface area contributed by atoms with E-state index in [1.165, 1.54) is 0 Å². The number of carbonyl (C=O) groups is 3. The van der Waals surface area contributed by atoms with E-state index in [0.717, 1.165) is 11.1 Å². The Morgan fingerprint density at radius 2 is 1.43 bits per heavy atom. The first-order valence-corrected chi connectivity index (χ1v) is 12.6. The molecule has 7 nitrogen and oxygen atoms in total. The van der Waals surface area contributed by atoms with Crippen molar-refractivity contribution in [2.75, 3.05) is 19.8 Å². The molecule has 198 valence electrons. The van der Waals surface area contributed by atoms with Crippen molar-refractivity contribution >= 4 is 17.8 Å². The molecule has 0 saturated carbocycles. The van der Waals surface area contributed by atoms with Crippen molar-refractivity contribution in [1.29, 1.82) is 0 Å². The summed E-state index contributed by atoms with van der Waals surface area (Å²) in [7, 11) is 0. The summed E-state index contributed by atoms with van der Waals surface area (Å²) in [6.07, 6.45) is 5.10. The van der Waals surface area contributed by atoms with Crippen LogP contribution in [0.1, 0.15) is 30.4 Å². The van der Waals surface area contributed by atoms with Crippen molar-refractivity contribution in [3.05, 3.63) is 97.1 Å². The van der Waals surface area contributed by atoms with Crippen LogP contribution in [0.5, 0.6) is 0 Å². The maximum absolute atomic E-state index is 12.7. The Bertz CT molecular complexity index is 994. The lowest BCUT2D eigenvalue weighted by Gasteiger charge is -2.19. The Kier molecular flexibility index (Phi) is 13.5. The van der Waals surface area contributed by atoms with Gasteiger partial charge in [0.1, 0.15) is 6.61 Å². The number of ether oxygens (including phenoxy) is 1. The summed E-state index contributed by atoms with van der Waals surface area (Å²) in [4.78, 5) is 37.8. The third-order valence-electron chi connectivity index (χ3n) is 5.92. The van der Waals surface area contributed by atoms with Crippen LogP contribution < -0.4 is 10.6 Å². The molecule has 0 unspecified atom stereocenters. The number of allylic oxidation sites excluding steroid dienone is 2. The maximum atomic E-state index is 12.7. The van der Waals surface area contributed by atoms with Gasteiger partial charge < -0.3 is 20.5 Å². The number of hydrogen-bond acceptors (Lipinski definition) is 5. The Labute approximate surface area is 219 Å². The van der Waals surface area contributed by atoms with Gasteiger partial charge in [0.25, 0.3) is 0 Å². The quantitative estimate of drug-likeness (QED) is 0.173. The fourth-order valence-electron chi connectivity index (χ4n) is 4.01. The van der Waals surface area contributed by atoms with E-state index in [9.17, 15) is 19.5 Å². The number of aliphatic hydroxyl groups is 1. The van der Waals surface area contributed by atoms with E-state index >= 15 is 0 Å². The summed E-state index contributed by atoms with van der Waals surface area (Å²) in [5.74, 6) is -1.94. The molecule has 0 aromatic heterocycles. The van der Waals surface area contributed by atoms with Crippen LogP contribution in [0.3, 0.4) is 0 Å². The lowest BCUT2D eigenvalue weighted by molar-refractivity contribution is -0.148. The topological polar surface area (TPSA) is 105 Å². The van der Waals surface area contributed by atoms with Crippen molar-refractivity contribution in [1.82, 2.24) is 10.6 Å². The highest BCUT2D eigenvalue weighted by atomic mass is 16.5. The molecule has 2 amide bonds. The van der Waals surface area contributed by atoms with Gasteiger partial charge in [-0.25, -0.2) is 0 Å². The van der Waals surface area contributed by atoms with Gasteiger partial charge in [0.05, 0.1) is 31.0 Å². The Morgan fingerprint density at radius 1 is 0.865 bits per heavy atom. The maximum Gasteiger partial charge on any atom is 0.309 e. The van der Waals surface area contributed by atoms with Gasteiger partial charge >= 0.3 is 5.97 Å². The highest BCUT2D eigenvalue weighted by molar-refractivity contribution is 5.86. The molecule has 0 bridgehead atoms. The second kappa shape index (κ2) is 16.9. The molecular weight excluding hydrogens is 468 g/mol. The van der Waals surface area contributed by atoms with E-state index in [1.807, 2.05) is 60.7 Å². The highest BCUT2D eigenvalue weighted by Crippen LogP contribution is 2.15. The van der Waals surface area contributed by atoms with Crippen LogP contribution in [-0.4, -0.2) is 48.7 Å². The van der Waals surface area contributed by atoms with Crippen LogP contribution in [-0.2, 0) is 32.0 Å². The van der Waals surface area contributed by atoms with Gasteiger partial charge in [0.15, 0.2) is 0 Å². The average molecular weight is 507 g/mol. The van der Waals surface area contributed by atoms with Gasteiger partial charge in [-0.1, -0.05) is 72.8 Å². The number of carbonyl (C=O) groups excluding carboxylic acids is 3. The molecule has 7 heteroatoms. The number of benzene rings is 2. The van der Waals surface area contributed by atoms with Gasteiger partial charge in [0.2, 0.25) is 11.8 Å². The number of aliphatic hydroxyl groups excluding tert-OH is 1. The first kappa shape index (κ1) is 29.5. The Morgan fingerprint density at radius 3 is 2.00 bits per heavy atom. The largest absolute Gasteiger partial charge is 0.464 e. The number of esters is 1. The second-order valence-corrected chi connectivity index (χ2v) is 8.93. The molecule has 0 radical (unpaired) electrons. The van der Waals surface area contributed by atoms with Gasteiger partial charge in [-0.3, -0.25) is 14.4 Å². The SMILES string of the molecule is C=CC[C@H](CC(=O)N[C@@H](CO)Cc1ccccc1)C(=O)NCCOC(=O)[C@H](CC=C)Cc1ccccc1. The van der Waals surface area contributed by atoms with Crippen LogP contribution in [0.2, 0.25) is 0 Å². The van der Waals surface area contributed by atoms with Crippen molar-refractivity contribution < 1.29 is 24.2 Å². The Balaban J connectivity index is 1.79. The molecule has 0 aliphatic carbocycles. The fraction of sp³-hybridized carbons (Fsp3) is 0.367. The summed E-state index contributed by atoms with van der Waals surface area (Å²) >= 11 is 0. The van der Waals surface area contributed by atoms with E-state index in [0.29, 0.717) is 25.7 Å². The zero-order valence-electron chi connectivity index (χ0n) is 21.3. The van der Waals surface area contributed by atoms with Crippen molar-refractivity contribution in [2.45, 2.75) is 38.1 Å². The number of rotatable bonds is 17. The summed E-state index contributed by atoms with van der Waals surface area (Å²) in [6.45, 7) is 7.38. The molecular formula is C30H38N2O5. The minimum absolute atomic E-state index is 0.0314. The van der Waals surface area contributed by atoms with Crippen LogP contribution in [0, 0.1) is 11.8 Å².